The topological polar surface area (TPSA) is 57.5 Å². The maximum absolute atomic E-state index is 12.8. The Hall–Kier alpha value is -2.50. The molecule has 6 heteroatoms. The molecule has 3 aromatic rings. The second-order valence-corrected chi connectivity index (χ2v) is 6.30. The Morgan fingerprint density at radius 1 is 1.08 bits per heavy atom. The Bertz CT molecular complexity index is 875. The fraction of sp³-hybridized carbons (Fsp3) is 0.250. The van der Waals surface area contributed by atoms with Crippen molar-refractivity contribution in [3.63, 3.8) is 0 Å². The highest BCUT2D eigenvalue weighted by molar-refractivity contribution is 6.05. The number of hydrogen-bond donors (Lipinski definition) is 2. The van der Waals surface area contributed by atoms with Gasteiger partial charge in [0.05, 0.1) is 5.52 Å². The average molecular weight is 374 g/mol. The van der Waals surface area contributed by atoms with Crippen LogP contribution in [0.5, 0.6) is 5.75 Å². The number of benzene rings is 2. The zero-order valence-electron chi connectivity index (χ0n) is 15.0. The van der Waals surface area contributed by atoms with Crippen LogP contribution in [0.1, 0.15) is 16.9 Å². The normalized spacial score (nSPS) is 10.7. The predicted molar refractivity (Wildman–Crippen MR) is 108 cm³/mol. The van der Waals surface area contributed by atoms with Gasteiger partial charge in [0.1, 0.15) is 0 Å². The number of halogens is 1. The average Bonchev–Trinajstić information content (AvgIpc) is 2.92. The predicted octanol–water partition coefficient (Wildman–Crippen LogP) is 3.44. The van der Waals surface area contributed by atoms with Gasteiger partial charge < -0.3 is 19.9 Å². The van der Waals surface area contributed by atoms with Gasteiger partial charge in [-0.3, -0.25) is 4.79 Å². The minimum atomic E-state index is -0.267. The van der Waals surface area contributed by atoms with Gasteiger partial charge in [0, 0.05) is 17.6 Å². The molecule has 2 aromatic carbocycles. The van der Waals surface area contributed by atoms with Gasteiger partial charge in [0.15, 0.2) is 11.4 Å². The van der Waals surface area contributed by atoms with Crippen LogP contribution >= 0.6 is 12.4 Å². The molecular formula is C20H24ClN3O2. The largest absolute Gasteiger partial charge is 0.505 e. The molecule has 0 saturated heterocycles. The second kappa shape index (κ2) is 8.74. The molecule has 138 valence electrons. The lowest BCUT2D eigenvalue weighted by molar-refractivity contribution is 0.0943. The maximum Gasteiger partial charge on any atom is 0.272 e. The van der Waals surface area contributed by atoms with Gasteiger partial charge in [0.25, 0.3) is 5.91 Å². The number of rotatable bonds is 6. The smallest absolute Gasteiger partial charge is 0.272 e. The molecule has 0 atom stereocenters. The quantitative estimate of drug-likeness (QED) is 0.651. The minimum absolute atomic E-state index is 0. The summed E-state index contributed by atoms with van der Waals surface area (Å²) in [4.78, 5) is 14.8. The van der Waals surface area contributed by atoms with Crippen molar-refractivity contribution < 1.29 is 9.90 Å². The summed E-state index contributed by atoms with van der Waals surface area (Å²) < 4.78 is 1.81. The fourth-order valence-corrected chi connectivity index (χ4v) is 2.96. The Labute approximate surface area is 159 Å². The Morgan fingerprint density at radius 3 is 2.42 bits per heavy atom. The van der Waals surface area contributed by atoms with E-state index in [0.717, 1.165) is 24.2 Å². The second-order valence-electron chi connectivity index (χ2n) is 6.30. The van der Waals surface area contributed by atoms with Gasteiger partial charge in [-0.05, 0) is 51.3 Å². The summed E-state index contributed by atoms with van der Waals surface area (Å²) >= 11 is 0. The van der Waals surface area contributed by atoms with Crippen molar-refractivity contribution in [3.05, 3.63) is 60.3 Å². The maximum atomic E-state index is 12.8. The molecule has 0 saturated carbocycles. The van der Waals surface area contributed by atoms with Crippen molar-refractivity contribution in [2.45, 2.75) is 6.42 Å². The number of aromatic hydroxyl groups is 1. The number of carbonyl (C=O) groups excluding carboxylic acids is 1. The summed E-state index contributed by atoms with van der Waals surface area (Å²) in [6, 6.07) is 17.1. The number of nitrogens with zero attached hydrogens (tertiary/aromatic N) is 2. The third-order valence-corrected chi connectivity index (χ3v) is 4.15. The van der Waals surface area contributed by atoms with E-state index in [9.17, 15) is 9.90 Å². The lowest BCUT2D eigenvalue weighted by atomic mass is 10.2. The molecule has 0 radical (unpaired) electrons. The van der Waals surface area contributed by atoms with Gasteiger partial charge in [-0.25, -0.2) is 0 Å². The van der Waals surface area contributed by atoms with E-state index in [4.69, 9.17) is 0 Å². The lowest BCUT2D eigenvalue weighted by Crippen LogP contribution is -2.28. The van der Waals surface area contributed by atoms with Crippen molar-refractivity contribution in [1.29, 1.82) is 0 Å². The fourth-order valence-electron chi connectivity index (χ4n) is 2.96. The van der Waals surface area contributed by atoms with E-state index in [-0.39, 0.29) is 29.8 Å². The van der Waals surface area contributed by atoms with Crippen LogP contribution in [0, 0.1) is 0 Å². The molecule has 26 heavy (non-hydrogen) atoms. The number of aromatic nitrogens is 1. The minimum Gasteiger partial charge on any atom is -0.505 e. The molecule has 3 rings (SSSR count). The van der Waals surface area contributed by atoms with Gasteiger partial charge >= 0.3 is 0 Å². The summed E-state index contributed by atoms with van der Waals surface area (Å²) in [5, 5.41) is 14.2. The summed E-state index contributed by atoms with van der Waals surface area (Å²) in [6.45, 7) is 1.46. The Morgan fingerprint density at radius 2 is 1.73 bits per heavy atom. The standard InChI is InChI=1S/C20H23N3O2.ClH/c1-22(2)14-8-13-21-20(25)18-19(24)16-11-6-7-12-17(16)23(18)15-9-4-3-5-10-15;/h3-7,9-12,24H,8,13-14H2,1-2H3,(H,21,25);1H. The summed E-state index contributed by atoms with van der Waals surface area (Å²) in [6.07, 6.45) is 0.852. The summed E-state index contributed by atoms with van der Waals surface area (Å²) in [7, 11) is 4.00. The zero-order chi connectivity index (χ0) is 17.8. The Balaban J connectivity index is 0.00000243. The molecule has 0 fully saturated rings. The third kappa shape index (κ3) is 4.00. The first-order chi connectivity index (χ1) is 12.1. The highest BCUT2D eigenvalue weighted by Crippen LogP contribution is 2.34. The molecule has 0 aliphatic heterocycles. The van der Waals surface area contributed by atoms with Crippen molar-refractivity contribution in [2.75, 3.05) is 27.2 Å². The molecule has 0 aliphatic rings. The number of carbonyl (C=O) groups is 1. The van der Waals surface area contributed by atoms with E-state index in [1.54, 1.807) is 0 Å². The van der Waals surface area contributed by atoms with Gasteiger partial charge in [-0.2, -0.15) is 0 Å². The van der Waals surface area contributed by atoms with Crippen LogP contribution in [0.2, 0.25) is 0 Å². The zero-order valence-corrected chi connectivity index (χ0v) is 15.8. The highest BCUT2D eigenvalue weighted by Gasteiger charge is 2.23. The van der Waals surface area contributed by atoms with E-state index >= 15 is 0 Å². The van der Waals surface area contributed by atoms with Crippen LogP contribution in [0.4, 0.5) is 0 Å². The van der Waals surface area contributed by atoms with Crippen LogP contribution in [-0.2, 0) is 0 Å². The van der Waals surface area contributed by atoms with Crippen LogP contribution < -0.4 is 5.32 Å². The van der Waals surface area contributed by atoms with Gasteiger partial charge in [-0.1, -0.05) is 30.3 Å². The number of amides is 1. The van der Waals surface area contributed by atoms with E-state index < -0.39 is 0 Å². The molecule has 1 heterocycles. The molecule has 0 bridgehead atoms. The van der Waals surface area contributed by atoms with Crippen molar-refractivity contribution in [3.8, 4) is 11.4 Å². The van der Waals surface area contributed by atoms with E-state index in [1.165, 1.54) is 0 Å². The molecule has 0 spiro atoms. The van der Waals surface area contributed by atoms with Gasteiger partial charge in [0.2, 0.25) is 0 Å². The van der Waals surface area contributed by atoms with Crippen LogP contribution in [0.3, 0.4) is 0 Å². The first-order valence-electron chi connectivity index (χ1n) is 8.40. The highest BCUT2D eigenvalue weighted by atomic mass is 35.5. The number of para-hydroxylation sites is 2. The van der Waals surface area contributed by atoms with E-state index in [2.05, 4.69) is 10.2 Å². The lowest BCUT2D eigenvalue weighted by Gasteiger charge is -2.12. The Kier molecular flexibility index (Phi) is 6.66. The van der Waals surface area contributed by atoms with E-state index in [1.807, 2.05) is 73.3 Å². The SMILES string of the molecule is CN(C)CCCNC(=O)c1c(O)c2ccccc2n1-c1ccccc1.Cl. The molecule has 0 aliphatic carbocycles. The molecular weight excluding hydrogens is 350 g/mol. The molecule has 5 nitrogen and oxygen atoms in total. The number of nitrogens with one attached hydrogen (secondary N) is 1. The number of fused-ring (bicyclic) bond motifs is 1. The summed E-state index contributed by atoms with van der Waals surface area (Å²) in [5.74, 6) is -0.249. The van der Waals surface area contributed by atoms with Crippen molar-refractivity contribution in [1.82, 2.24) is 14.8 Å². The molecule has 1 amide bonds. The third-order valence-electron chi connectivity index (χ3n) is 4.15. The first kappa shape index (κ1) is 19.8. The summed E-state index contributed by atoms with van der Waals surface area (Å²) in [5.41, 5.74) is 1.93. The molecule has 1 aromatic heterocycles. The molecule has 2 N–H and O–H groups in total. The van der Waals surface area contributed by atoms with E-state index in [0.29, 0.717) is 11.9 Å². The first-order valence-corrected chi connectivity index (χ1v) is 8.40. The number of hydrogen-bond acceptors (Lipinski definition) is 3. The van der Waals surface area contributed by atoms with Crippen molar-refractivity contribution in [2.24, 2.45) is 0 Å². The van der Waals surface area contributed by atoms with Crippen LogP contribution in [0.25, 0.3) is 16.6 Å². The van der Waals surface area contributed by atoms with Crippen LogP contribution in [0.15, 0.2) is 54.6 Å². The molecule has 0 unspecified atom stereocenters. The van der Waals surface area contributed by atoms with Gasteiger partial charge in [-0.15, -0.1) is 12.4 Å². The van der Waals surface area contributed by atoms with Crippen molar-refractivity contribution >= 4 is 29.2 Å². The van der Waals surface area contributed by atoms with Crippen LogP contribution in [-0.4, -0.2) is 47.7 Å². The monoisotopic (exact) mass is 373 g/mol.